The van der Waals surface area contributed by atoms with Crippen LogP contribution in [-0.4, -0.2) is 5.16 Å². The molecule has 0 saturated heterocycles. The monoisotopic (exact) mass is 335 g/mol. The molecule has 0 heterocycles. The van der Waals surface area contributed by atoms with Gasteiger partial charge in [0.15, 0.2) is 0 Å². The van der Waals surface area contributed by atoms with Crippen LogP contribution in [0.2, 0.25) is 0 Å². The van der Waals surface area contributed by atoms with Gasteiger partial charge in [0.05, 0.1) is 16.8 Å². The average Bonchev–Trinajstić information content (AvgIpc) is 3.40. The molecule has 24 heavy (non-hydrogen) atoms. The molecule has 0 bridgehead atoms. The highest BCUT2D eigenvalue weighted by Crippen LogP contribution is 2.39. The van der Waals surface area contributed by atoms with Gasteiger partial charge in [-0.2, -0.15) is 0 Å². The number of isothiocyanates is 1. The summed E-state index contributed by atoms with van der Waals surface area (Å²) in [6, 6.07) is 12.3. The molecule has 2 aromatic rings. The Morgan fingerprint density at radius 3 is 2.17 bits per heavy atom. The lowest BCUT2D eigenvalue weighted by molar-refractivity contribution is 0.577. The zero-order valence-electron chi connectivity index (χ0n) is 12.6. The summed E-state index contributed by atoms with van der Waals surface area (Å²) < 4.78 is 28.0. The molecule has 0 unspecified atom stereocenters. The number of halogens is 2. The number of benzene rings is 2. The van der Waals surface area contributed by atoms with Crippen molar-refractivity contribution in [1.82, 2.24) is 0 Å². The fourth-order valence-electron chi connectivity index (χ4n) is 2.27. The lowest BCUT2D eigenvalue weighted by atomic mass is 10.1. The first-order valence-electron chi connectivity index (χ1n) is 7.36. The van der Waals surface area contributed by atoms with Gasteiger partial charge in [-0.25, -0.2) is 8.78 Å². The van der Waals surface area contributed by atoms with E-state index >= 15 is 0 Å². The molecule has 0 spiro atoms. The second kappa shape index (κ2) is 7.20. The molecule has 0 aromatic heterocycles. The topological polar surface area (TPSA) is 12.4 Å². The van der Waals surface area contributed by atoms with Crippen LogP contribution in [0.1, 0.15) is 41.0 Å². The van der Waals surface area contributed by atoms with Crippen LogP contribution in [0.25, 0.3) is 0 Å². The first-order chi connectivity index (χ1) is 11.7. The molecule has 1 fully saturated rings. The Morgan fingerprint density at radius 1 is 0.917 bits per heavy atom. The predicted octanol–water partition coefficient (Wildman–Crippen LogP) is 4.65. The van der Waals surface area contributed by atoms with Gasteiger partial charge >= 0.3 is 0 Å². The fourth-order valence-corrected chi connectivity index (χ4v) is 2.32. The number of hydrogen-bond donors (Lipinski definition) is 0. The molecule has 1 aliphatic rings. The molecule has 0 radical (unpaired) electrons. The summed E-state index contributed by atoms with van der Waals surface area (Å²) in [5, 5.41) is 2.06. The molecule has 0 N–H and O–H groups in total. The molecule has 1 saturated carbocycles. The van der Waals surface area contributed by atoms with Gasteiger partial charge in [0.1, 0.15) is 11.6 Å². The molecular formula is C20H11F2NS. The second-order valence-electron chi connectivity index (χ2n) is 5.40. The molecule has 4 heteroatoms. The van der Waals surface area contributed by atoms with E-state index in [9.17, 15) is 8.78 Å². The minimum absolute atomic E-state index is 0.165. The van der Waals surface area contributed by atoms with Crippen LogP contribution < -0.4 is 0 Å². The van der Waals surface area contributed by atoms with Crippen molar-refractivity contribution in [2.45, 2.75) is 18.8 Å². The van der Waals surface area contributed by atoms with E-state index in [1.165, 1.54) is 18.4 Å². The van der Waals surface area contributed by atoms with Crippen molar-refractivity contribution >= 4 is 17.4 Å². The van der Waals surface area contributed by atoms with Gasteiger partial charge in [-0.15, -0.1) is 4.99 Å². The molecule has 1 nitrogen and oxygen atoms in total. The maximum absolute atomic E-state index is 14.0. The predicted molar refractivity (Wildman–Crippen MR) is 92.7 cm³/mol. The molecule has 3 rings (SSSR count). The van der Waals surface area contributed by atoms with E-state index in [0.29, 0.717) is 5.92 Å². The van der Waals surface area contributed by atoms with E-state index in [4.69, 9.17) is 0 Å². The highest BCUT2D eigenvalue weighted by Gasteiger charge is 2.22. The third-order valence-electron chi connectivity index (χ3n) is 3.64. The lowest BCUT2D eigenvalue weighted by Gasteiger charge is -1.99. The van der Waals surface area contributed by atoms with Crippen molar-refractivity contribution < 1.29 is 8.78 Å². The van der Waals surface area contributed by atoms with Crippen molar-refractivity contribution in [2.24, 2.45) is 4.99 Å². The van der Waals surface area contributed by atoms with Crippen LogP contribution in [0.5, 0.6) is 0 Å². The Balaban J connectivity index is 1.85. The van der Waals surface area contributed by atoms with Gasteiger partial charge in [0.25, 0.3) is 0 Å². The minimum atomic E-state index is -0.757. The molecule has 1 aliphatic carbocycles. The van der Waals surface area contributed by atoms with Crippen LogP contribution in [0.3, 0.4) is 0 Å². The van der Waals surface area contributed by atoms with Gasteiger partial charge < -0.3 is 0 Å². The zero-order chi connectivity index (χ0) is 16.9. The SMILES string of the molecule is Fc1cc(C#CN=C=S)cc(F)c1C#Cc1ccc(C2CC2)cc1. The third kappa shape index (κ3) is 3.94. The Kier molecular flexibility index (Phi) is 4.82. The van der Waals surface area contributed by atoms with E-state index in [2.05, 4.69) is 46.2 Å². The van der Waals surface area contributed by atoms with Crippen molar-refractivity contribution in [1.29, 1.82) is 0 Å². The normalized spacial score (nSPS) is 12.2. The van der Waals surface area contributed by atoms with Gasteiger partial charge in [0.2, 0.25) is 0 Å². The van der Waals surface area contributed by atoms with Crippen molar-refractivity contribution in [3.05, 3.63) is 70.3 Å². The standard InChI is InChI=1S/C20H11F2NS/c21-19-11-15(9-10-23-13-24)12-20(22)18(19)8-3-14-1-4-16(5-2-14)17-6-7-17/h1-2,4-5,11-12,17H,6-7H2. The van der Waals surface area contributed by atoms with E-state index in [0.717, 1.165) is 17.7 Å². The smallest absolute Gasteiger partial charge is 0.143 e. The van der Waals surface area contributed by atoms with E-state index in [-0.39, 0.29) is 11.1 Å². The average molecular weight is 335 g/mol. The van der Waals surface area contributed by atoms with Crippen LogP contribution in [0, 0.1) is 35.4 Å². The highest BCUT2D eigenvalue weighted by atomic mass is 32.1. The van der Waals surface area contributed by atoms with Crippen molar-refractivity contribution in [2.75, 3.05) is 0 Å². The highest BCUT2D eigenvalue weighted by molar-refractivity contribution is 7.78. The van der Waals surface area contributed by atoms with Gasteiger partial charge in [-0.1, -0.05) is 24.0 Å². The second-order valence-corrected chi connectivity index (χ2v) is 5.58. The van der Waals surface area contributed by atoms with Crippen molar-refractivity contribution in [3.63, 3.8) is 0 Å². The Bertz CT molecular complexity index is 922. The Labute approximate surface area is 144 Å². The quantitative estimate of drug-likeness (QED) is 0.420. The minimum Gasteiger partial charge on any atom is -0.205 e. The Morgan fingerprint density at radius 2 is 1.58 bits per heavy atom. The van der Waals surface area contributed by atoms with Gasteiger partial charge in [-0.3, -0.25) is 0 Å². The summed E-state index contributed by atoms with van der Waals surface area (Å²) in [5.74, 6) is 6.98. The molecule has 2 aromatic carbocycles. The Hall–Kier alpha value is -2.78. The maximum atomic E-state index is 14.0. The first-order valence-corrected chi connectivity index (χ1v) is 7.77. The zero-order valence-corrected chi connectivity index (χ0v) is 13.4. The first kappa shape index (κ1) is 16.1. The summed E-state index contributed by atoms with van der Waals surface area (Å²) in [5.41, 5.74) is 1.90. The molecular weight excluding hydrogens is 324 g/mol. The summed E-state index contributed by atoms with van der Waals surface area (Å²) in [6.07, 6.45) is 2.46. The van der Waals surface area contributed by atoms with E-state index in [1.54, 1.807) is 0 Å². The third-order valence-corrected chi connectivity index (χ3v) is 3.73. The number of thiocarbonyl (C=S) groups is 1. The summed E-state index contributed by atoms with van der Waals surface area (Å²) in [7, 11) is 0. The fraction of sp³-hybridized carbons (Fsp3) is 0.150. The maximum Gasteiger partial charge on any atom is 0.143 e. The number of rotatable bonds is 1. The lowest BCUT2D eigenvalue weighted by Crippen LogP contribution is -1.92. The summed E-state index contributed by atoms with van der Waals surface area (Å²) >= 11 is 4.36. The summed E-state index contributed by atoms with van der Waals surface area (Å²) in [4.78, 5) is 3.38. The number of hydrogen-bond acceptors (Lipinski definition) is 2. The van der Waals surface area contributed by atoms with Crippen molar-refractivity contribution in [3.8, 4) is 23.8 Å². The molecule has 116 valence electrons. The molecule has 0 amide bonds. The largest absolute Gasteiger partial charge is 0.205 e. The van der Waals surface area contributed by atoms with Crippen LogP contribution >= 0.6 is 12.2 Å². The van der Waals surface area contributed by atoms with Gasteiger partial charge in [0, 0.05) is 11.1 Å². The summed E-state index contributed by atoms with van der Waals surface area (Å²) in [6.45, 7) is 0. The molecule has 0 atom stereocenters. The number of nitrogens with zero attached hydrogens (tertiary/aromatic N) is 1. The molecule has 0 aliphatic heterocycles. The number of aliphatic imine (C=N–C) groups is 1. The van der Waals surface area contributed by atoms with E-state index in [1.807, 2.05) is 24.3 Å². The van der Waals surface area contributed by atoms with E-state index < -0.39 is 11.6 Å². The van der Waals surface area contributed by atoms with Gasteiger partial charge in [-0.05, 0) is 66.7 Å². The van der Waals surface area contributed by atoms with Crippen LogP contribution in [0.4, 0.5) is 8.78 Å². The van der Waals surface area contributed by atoms with Crippen LogP contribution in [-0.2, 0) is 0 Å². The van der Waals surface area contributed by atoms with Crippen LogP contribution in [0.15, 0.2) is 41.4 Å².